The zero-order valence-corrected chi connectivity index (χ0v) is 5.38. The van der Waals surface area contributed by atoms with E-state index >= 15 is 0 Å². The van der Waals surface area contributed by atoms with Crippen LogP contribution in [0.1, 0.15) is 13.8 Å². The molecule has 9 heavy (non-hydrogen) atoms. The van der Waals surface area contributed by atoms with Gasteiger partial charge < -0.3 is 4.74 Å². The molecule has 1 aliphatic rings. The predicted octanol–water partition coefficient (Wildman–Crippen LogP) is 0.342. The molecule has 3 nitrogen and oxygen atoms in total. The molecule has 0 saturated carbocycles. The van der Waals surface area contributed by atoms with Crippen molar-refractivity contribution in [3.63, 3.8) is 0 Å². The van der Waals surface area contributed by atoms with Gasteiger partial charge in [-0.25, -0.2) is 0 Å². The van der Waals surface area contributed by atoms with Gasteiger partial charge in [0.15, 0.2) is 0 Å². The Balaban J connectivity index is 2.77. The number of ether oxygens (including phenoxy) is 1. The van der Waals surface area contributed by atoms with E-state index < -0.39 is 11.9 Å². The second-order valence-corrected chi connectivity index (χ2v) is 2.32. The summed E-state index contributed by atoms with van der Waals surface area (Å²) in [6.45, 7) is 3.38. The van der Waals surface area contributed by atoms with Gasteiger partial charge in [-0.15, -0.1) is 0 Å². The van der Waals surface area contributed by atoms with Crippen molar-refractivity contribution in [2.24, 2.45) is 11.8 Å². The van der Waals surface area contributed by atoms with Crippen LogP contribution in [-0.2, 0) is 14.3 Å². The van der Waals surface area contributed by atoms with Crippen molar-refractivity contribution in [1.29, 1.82) is 0 Å². The van der Waals surface area contributed by atoms with E-state index in [2.05, 4.69) is 4.74 Å². The van der Waals surface area contributed by atoms with Crippen molar-refractivity contribution < 1.29 is 14.3 Å². The van der Waals surface area contributed by atoms with E-state index in [1.54, 1.807) is 13.8 Å². The van der Waals surface area contributed by atoms with Crippen LogP contribution in [0.2, 0.25) is 0 Å². The average Bonchev–Trinajstić information content (AvgIpc) is 1.98. The summed E-state index contributed by atoms with van der Waals surface area (Å²) in [4.78, 5) is 21.1. The quantitative estimate of drug-likeness (QED) is 0.349. The second kappa shape index (κ2) is 1.83. The van der Waals surface area contributed by atoms with E-state index in [0.717, 1.165) is 0 Å². The van der Waals surface area contributed by atoms with Gasteiger partial charge in [0.1, 0.15) is 0 Å². The van der Waals surface area contributed by atoms with Crippen LogP contribution < -0.4 is 0 Å². The molecule has 50 valence electrons. The molecule has 0 bridgehead atoms. The van der Waals surface area contributed by atoms with Crippen LogP contribution in [0, 0.1) is 11.8 Å². The van der Waals surface area contributed by atoms with Gasteiger partial charge in [0.25, 0.3) is 0 Å². The highest BCUT2D eigenvalue weighted by atomic mass is 16.6. The number of cyclic esters (lactones) is 2. The molecule has 0 spiro atoms. The van der Waals surface area contributed by atoms with Gasteiger partial charge in [-0.2, -0.15) is 0 Å². The molecule has 0 aromatic carbocycles. The van der Waals surface area contributed by atoms with Gasteiger partial charge in [0.05, 0.1) is 11.8 Å². The van der Waals surface area contributed by atoms with E-state index in [1.165, 1.54) is 0 Å². The number of esters is 2. The third-order valence-electron chi connectivity index (χ3n) is 1.69. The summed E-state index contributed by atoms with van der Waals surface area (Å²) in [6.07, 6.45) is 0. The maximum atomic E-state index is 10.6. The number of rotatable bonds is 0. The van der Waals surface area contributed by atoms with Gasteiger partial charge in [-0.05, 0) is 0 Å². The Morgan fingerprint density at radius 3 is 1.56 bits per heavy atom. The summed E-state index contributed by atoms with van der Waals surface area (Å²) in [5, 5.41) is 0. The second-order valence-electron chi connectivity index (χ2n) is 2.32. The van der Waals surface area contributed by atoms with Crippen molar-refractivity contribution in [2.45, 2.75) is 13.8 Å². The molecule has 1 heterocycles. The molecule has 0 aromatic rings. The van der Waals surface area contributed by atoms with Crippen LogP contribution in [0.15, 0.2) is 0 Å². The number of carbonyl (C=O) groups is 2. The summed E-state index contributed by atoms with van der Waals surface area (Å²) in [7, 11) is 0. The van der Waals surface area contributed by atoms with Crippen molar-refractivity contribution in [3.05, 3.63) is 0 Å². The van der Waals surface area contributed by atoms with Crippen LogP contribution in [0.3, 0.4) is 0 Å². The van der Waals surface area contributed by atoms with Crippen LogP contribution >= 0.6 is 0 Å². The Morgan fingerprint density at radius 2 is 1.44 bits per heavy atom. The average molecular weight is 128 g/mol. The molecule has 0 N–H and O–H groups in total. The van der Waals surface area contributed by atoms with Crippen LogP contribution in [0.4, 0.5) is 0 Å². The first-order valence-corrected chi connectivity index (χ1v) is 2.88. The molecule has 3 heteroatoms. The minimum absolute atomic E-state index is 0.252. The third kappa shape index (κ3) is 0.823. The van der Waals surface area contributed by atoms with Crippen molar-refractivity contribution in [3.8, 4) is 0 Å². The Morgan fingerprint density at radius 1 is 1.11 bits per heavy atom. The number of carbonyl (C=O) groups excluding carboxylic acids is 2. The Bertz CT molecular complexity index is 144. The van der Waals surface area contributed by atoms with Crippen molar-refractivity contribution >= 4 is 11.9 Å². The van der Waals surface area contributed by atoms with Crippen LogP contribution in [-0.4, -0.2) is 11.9 Å². The predicted molar refractivity (Wildman–Crippen MR) is 29.4 cm³/mol. The maximum absolute atomic E-state index is 10.6. The van der Waals surface area contributed by atoms with E-state index in [9.17, 15) is 9.59 Å². The summed E-state index contributed by atoms with van der Waals surface area (Å²) in [6, 6.07) is 0. The lowest BCUT2D eigenvalue weighted by Crippen LogP contribution is -2.09. The molecule has 1 fully saturated rings. The van der Waals surface area contributed by atoms with Gasteiger partial charge in [-0.1, -0.05) is 13.8 Å². The van der Waals surface area contributed by atoms with Crippen LogP contribution in [0.25, 0.3) is 0 Å². The highest BCUT2D eigenvalue weighted by Crippen LogP contribution is 2.21. The molecule has 1 aliphatic heterocycles. The van der Waals surface area contributed by atoms with E-state index in [1.807, 2.05) is 0 Å². The monoisotopic (exact) mass is 128 g/mol. The third-order valence-corrected chi connectivity index (χ3v) is 1.69. The first-order valence-electron chi connectivity index (χ1n) is 2.88. The molecule has 0 aromatic heterocycles. The first-order chi connectivity index (χ1) is 4.13. The normalized spacial score (nSPS) is 34.9. The Hall–Kier alpha value is -0.860. The standard InChI is InChI=1S/C6H8O3/c1-3-4(2)6(8)9-5(3)7/h3-4H,1-2H3/t3-,4+. The highest BCUT2D eigenvalue weighted by molar-refractivity contribution is 5.95. The zero-order chi connectivity index (χ0) is 7.02. The molecular formula is C6H8O3. The fraction of sp³-hybridized carbons (Fsp3) is 0.667. The fourth-order valence-corrected chi connectivity index (χ4v) is 0.693. The SMILES string of the molecule is C[C@@H]1C(=O)OC(=O)[C@@H]1C. The molecular weight excluding hydrogens is 120 g/mol. The maximum Gasteiger partial charge on any atom is 0.317 e. The van der Waals surface area contributed by atoms with Crippen LogP contribution in [0.5, 0.6) is 0 Å². The Labute approximate surface area is 53.0 Å². The molecule has 0 unspecified atom stereocenters. The summed E-state index contributed by atoms with van der Waals surface area (Å²) >= 11 is 0. The lowest BCUT2D eigenvalue weighted by atomic mass is 10.00. The molecule has 0 amide bonds. The molecule has 1 saturated heterocycles. The van der Waals surface area contributed by atoms with Gasteiger partial charge >= 0.3 is 11.9 Å². The molecule has 2 atom stereocenters. The van der Waals surface area contributed by atoms with E-state index in [4.69, 9.17) is 0 Å². The summed E-state index contributed by atoms with van der Waals surface area (Å²) < 4.78 is 4.31. The van der Waals surface area contributed by atoms with Crippen molar-refractivity contribution in [2.75, 3.05) is 0 Å². The lowest BCUT2D eigenvalue weighted by molar-refractivity contribution is -0.153. The first kappa shape index (κ1) is 6.26. The smallest absolute Gasteiger partial charge is 0.317 e. The molecule has 1 rings (SSSR count). The lowest BCUT2D eigenvalue weighted by Gasteiger charge is -1.96. The molecule has 0 aliphatic carbocycles. The minimum atomic E-state index is -0.396. The highest BCUT2D eigenvalue weighted by Gasteiger charge is 2.37. The summed E-state index contributed by atoms with van der Waals surface area (Å²) in [5.41, 5.74) is 0. The number of hydrogen-bond donors (Lipinski definition) is 0. The van der Waals surface area contributed by atoms with Gasteiger partial charge in [0.2, 0.25) is 0 Å². The zero-order valence-electron chi connectivity index (χ0n) is 5.38. The fourth-order valence-electron chi connectivity index (χ4n) is 0.693. The minimum Gasteiger partial charge on any atom is -0.393 e. The van der Waals surface area contributed by atoms with Crippen molar-refractivity contribution in [1.82, 2.24) is 0 Å². The molecule has 0 radical (unpaired) electrons. The summed E-state index contributed by atoms with van der Waals surface area (Å²) in [5.74, 6) is -1.30. The Kier molecular flexibility index (Phi) is 1.27. The van der Waals surface area contributed by atoms with Gasteiger partial charge in [-0.3, -0.25) is 9.59 Å². The van der Waals surface area contributed by atoms with Gasteiger partial charge in [0, 0.05) is 0 Å². The number of hydrogen-bond acceptors (Lipinski definition) is 3. The largest absolute Gasteiger partial charge is 0.393 e. The van der Waals surface area contributed by atoms with E-state index in [-0.39, 0.29) is 11.8 Å². The topological polar surface area (TPSA) is 43.4 Å². The van der Waals surface area contributed by atoms with E-state index in [0.29, 0.717) is 0 Å².